The van der Waals surface area contributed by atoms with Gasteiger partial charge in [-0.1, -0.05) is 0 Å². The van der Waals surface area contributed by atoms with Gasteiger partial charge in [0.25, 0.3) is 0 Å². The Bertz CT molecular complexity index is 505. The van der Waals surface area contributed by atoms with Crippen LogP contribution in [0.3, 0.4) is 0 Å². The normalized spacial score (nSPS) is 17.7. The molecule has 0 fully saturated rings. The summed E-state index contributed by atoms with van der Waals surface area (Å²) in [6.45, 7) is 0.458. The second-order valence-corrected chi connectivity index (χ2v) is 5.05. The number of nitrogens with zero attached hydrogens (tertiary/aromatic N) is 1. The van der Waals surface area contributed by atoms with E-state index < -0.39 is 35.3 Å². The molecule has 3 nitrogen and oxygen atoms in total. The highest BCUT2D eigenvalue weighted by Gasteiger charge is 2.64. The average Bonchev–Trinajstić information content (AvgIpc) is 2.29. The first-order valence-corrected chi connectivity index (χ1v) is 5.85. The molecule has 0 aliphatic rings. The van der Waals surface area contributed by atoms with Crippen LogP contribution in [0.15, 0.2) is 16.7 Å². The Morgan fingerprint density at radius 2 is 1.75 bits per heavy atom. The second-order valence-electron chi connectivity index (χ2n) is 4.23. The van der Waals surface area contributed by atoms with Crippen molar-refractivity contribution < 1.29 is 31.4 Å². The zero-order valence-corrected chi connectivity index (χ0v) is 11.4. The minimum Gasteiger partial charge on any atom is -0.379 e. The molecule has 0 spiro atoms. The highest BCUT2D eigenvalue weighted by Crippen LogP contribution is 2.43. The van der Waals surface area contributed by atoms with Crippen molar-refractivity contribution in [2.24, 2.45) is 5.73 Å². The van der Waals surface area contributed by atoms with Gasteiger partial charge in [-0.2, -0.15) is 13.2 Å². The molecular weight excluding hydrogens is 358 g/mol. The van der Waals surface area contributed by atoms with Crippen LogP contribution in [-0.2, 0) is 5.54 Å². The number of nitrogens with two attached hydrogens (primary N) is 1. The molecule has 3 N–H and O–H groups in total. The number of aliphatic hydroxyl groups excluding tert-OH is 1. The third-order valence-electron chi connectivity index (χ3n) is 2.65. The van der Waals surface area contributed by atoms with E-state index in [1.54, 1.807) is 0 Å². The maximum absolute atomic E-state index is 13.8. The standard InChI is InChI=1S/C10H9BrF6N2O/c1-8(18,6-4(12)2-3-5(11)19-6)9(13,14)7(20)10(15,16)17/h2-3,7,20H,18H2,1H3/t7-,8?/m1/s1. The zero-order chi connectivity index (χ0) is 15.9. The van der Waals surface area contributed by atoms with Gasteiger partial charge < -0.3 is 10.8 Å². The molecule has 0 aromatic carbocycles. The van der Waals surface area contributed by atoms with Gasteiger partial charge in [0, 0.05) is 0 Å². The molecule has 0 radical (unpaired) electrons. The zero-order valence-electron chi connectivity index (χ0n) is 9.85. The molecule has 0 aliphatic heterocycles. The molecule has 0 amide bonds. The highest BCUT2D eigenvalue weighted by molar-refractivity contribution is 9.10. The summed E-state index contributed by atoms with van der Waals surface area (Å²) < 4.78 is 77.7. The van der Waals surface area contributed by atoms with Crippen LogP contribution in [0.1, 0.15) is 12.6 Å². The fourth-order valence-electron chi connectivity index (χ4n) is 1.43. The molecule has 114 valence electrons. The number of halogens is 7. The lowest BCUT2D eigenvalue weighted by Gasteiger charge is -2.37. The van der Waals surface area contributed by atoms with Crippen molar-refractivity contribution in [2.75, 3.05) is 0 Å². The number of hydrogen-bond acceptors (Lipinski definition) is 3. The van der Waals surface area contributed by atoms with E-state index in [1.165, 1.54) is 0 Å². The predicted molar refractivity (Wildman–Crippen MR) is 60.4 cm³/mol. The van der Waals surface area contributed by atoms with E-state index in [1.807, 2.05) is 0 Å². The van der Waals surface area contributed by atoms with E-state index >= 15 is 0 Å². The highest BCUT2D eigenvalue weighted by atomic mass is 79.9. The molecule has 0 bridgehead atoms. The van der Waals surface area contributed by atoms with Gasteiger partial charge in [0.15, 0.2) is 0 Å². The van der Waals surface area contributed by atoms with Crippen LogP contribution in [0.5, 0.6) is 0 Å². The molecule has 10 heteroatoms. The van der Waals surface area contributed by atoms with Crippen molar-refractivity contribution in [3.8, 4) is 0 Å². The summed E-state index contributed by atoms with van der Waals surface area (Å²) in [4.78, 5) is 3.33. The number of aromatic nitrogens is 1. The van der Waals surface area contributed by atoms with Crippen LogP contribution in [0, 0.1) is 5.82 Å². The maximum atomic E-state index is 13.8. The number of pyridine rings is 1. The van der Waals surface area contributed by atoms with Crippen molar-refractivity contribution in [3.63, 3.8) is 0 Å². The van der Waals surface area contributed by atoms with Crippen LogP contribution in [0.25, 0.3) is 0 Å². The summed E-state index contributed by atoms with van der Waals surface area (Å²) in [5, 5.41) is 8.75. The molecule has 2 atom stereocenters. The summed E-state index contributed by atoms with van der Waals surface area (Å²) in [5.41, 5.74) is 0.882. The van der Waals surface area contributed by atoms with Crippen LogP contribution < -0.4 is 5.73 Å². The van der Waals surface area contributed by atoms with E-state index in [0.717, 1.165) is 6.07 Å². The Morgan fingerprint density at radius 3 is 2.20 bits per heavy atom. The molecule has 1 aromatic heterocycles. The Labute approximate surface area is 117 Å². The smallest absolute Gasteiger partial charge is 0.379 e. The number of alkyl halides is 5. The quantitative estimate of drug-likeness (QED) is 0.638. The lowest BCUT2D eigenvalue weighted by Crippen LogP contribution is -2.61. The largest absolute Gasteiger partial charge is 0.420 e. The van der Waals surface area contributed by atoms with Gasteiger partial charge in [-0.3, -0.25) is 0 Å². The molecule has 20 heavy (non-hydrogen) atoms. The Hall–Kier alpha value is -0.870. The topological polar surface area (TPSA) is 59.1 Å². The summed E-state index contributed by atoms with van der Waals surface area (Å²) in [7, 11) is 0. The van der Waals surface area contributed by atoms with Gasteiger partial charge in [0.05, 0.1) is 0 Å². The minimum atomic E-state index is -5.62. The van der Waals surface area contributed by atoms with E-state index in [9.17, 15) is 26.3 Å². The van der Waals surface area contributed by atoms with Crippen molar-refractivity contribution in [3.05, 3.63) is 28.2 Å². The second kappa shape index (κ2) is 5.15. The molecular formula is C10H9BrF6N2O. The molecule has 1 rings (SSSR count). The summed E-state index contributed by atoms with van der Waals surface area (Å²) in [6.07, 6.45) is -9.67. The number of aliphatic hydroxyl groups is 1. The van der Waals surface area contributed by atoms with Gasteiger partial charge in [-0.15, -0.1) is 0 Å². The van der Waals surface area contributed by atoms with Crippen molar-refractivity contribution in [1.82, 2.24) is 4.98 Å². The minimum absolute atomic E-state index is 0.0946. The number of rotatable bonds is 3. The monoisotopic (exact) mass is 366 g/mol. The van der Waals surface area contributed by atoms with Gasteiger partial charge in [-0.05, 0) is 35.0 Å². The molecule has 0 aliphatic carbocycles. The lowest BCUT2D eigenvalue weighted by atomic mass is 9.86. The Kier molecular flexibility index (Phi) is 4.43. The van der Waals surface area contributed by atoms with E-state index in [0.29, 0.717) is 13.0 Å². The molecule has 1 unspecified atom stereocenters. The number of hydrogen-bond donors (Lipinski definition) is 2. The van der Waals surface area contributed by atoms with Crippen LogP contribution >= 0.6 is 15.9 Å². The SMILES string of the molecule is CC(N)(c1nc(Br)ccc1F)C(F)(F)[C@@H](O)C(F)(F)F. The van der Waals surface area contributed by atoms with Crippen molar-refractivity contribution in [2.45, 2.75) is 30.7 Å². The predicted octanol–water partition coefficient (Wildman–Crippen LogP) is 2.72. The average molecular weight is 367 g/mol. The van der Waals surface area contributed by atoms with Crippen molar-refractivity contribution >= 4 is 15.9 Å². The maximum Gasteiger partial charge on any atom is 0.420 e. The molecule has 1 heterocycles. The summed E-state index contributed by atoms with van der Waals surface area (Å²) >= 11 is 2.77. The lowest BCUT2D eigenvalue weighted by molar-refractivity contribution is -0.286. The van der Waals surface area contributed by atoms with Gasteiger partial charge in [0.2, 0.25) is 6.10 Å². The van der Waals surface area contributed by atoms with Crippen molar-refractivity contribution in [1.29, 1.82) is 0 Å². The third kappa shape index (κ3) is 2.91. The van der Waals surface area contributed by atoms with Crippen LogP contribution in [0.2, 0.25) is 0 Å². The molecule has 1 aromatic rings. The van der Waals surface area contributed by atoms with E-state index in [2.05, 4.69) is 20.9 Å². The van der Waals surface area contributed by atoms with Gasteiger partial charge >= 0.3 is 12.1 Å². The third-order valence-corrected chi connectivity index (χ3v) is 3.09. The Morgan fingerprint density at radius 1 is 1.25 bits per heavy atom. The fraction of sp³-hybridized carbons (Fsp3) is 0.500. The Balaban J connectivity index is 3.37. The molecule has 0 saturated heterocycles. The first-order valence-electron chi connectivity index (χ1n) is 5.05. The first kappa shape index (κ1) is 17.2. The molecule has 0 saturated carbocycles. The van der Waals surface area contributed by atoms with Gasteiger partial charge in [0.1, 0.15) is 21.7 Å². The fourth-order valence-corrected chi connectivity index (χ4v) is 1.74. The first-order chi connectivity index (χ1) is 8.81. The van der Waals surface area contributed by atoms with E-state index in [-0.39, 0.29) is 4.60 Å². The van der Waals surface area contributed by atoms with Crippen LogP contribution in [0.4, 0.5) is 26.3 Å². The van der Waals surface area contributed by atoms with E-state index in [4.69, 9.17) is 10.8 Å². The van der Waals surface area contributed by atoms with Crippen LogP contribution in [-0.4, -0.2) is 28.3 Å². The summed E-state index contributed by atoms with van der Waals surface area (Å²) in [5.74, 6) is -6.20. The summed E-state index contributed by atoms with van der Waals surface area (Å²) in [6, 6.07) is 1.78. The van der Waals surface area contributed by atoms with Gasteiger partial charge in [-0.25, -0.2) is 18.2 Å².